The zero-order valence-corrected chi connectivity index (χ0v) is 39.4. The van der Waals surface area contributed by atoms with Gasteiger partial charge in [0.25, 0.3) is 0 Å². The molecule has 0 aliphatic heterocycles. The van der Waals surface area contributed by atoms with Crippen molar-refractivity contribution >= 4 is 5.97 Å². The fraction of sp³-hybridized carbons (Fsp3) is 0.943. The maximum Gasteiger partial charge on any atom is 0.306 e. The smallest absolute Gasteiger partial charge is 0.306 e. The first-order chi connectivity index (χ1) is 28.2. The molecule has 0 unspecified atom stereocenters. The molecule has 0 aromatic carbocycles. The first kappa shape index (κ1) is 56.1. The van der Waals surface area contributed by atoms with Crippen molar-refractivity contribution < 1.29 is 19.0 Å². The molecule has 0 saturated carbocycles. The van der Waals surface area contributed by atoms with Crippen LogP contribution >= 0.6 is 0 Å². The molecule has 0 spiro atoms. The number of esters is 1. The summed E-state index contributed by atoms with van der Waals surface area (Å²) in [6.45, 7) is 9.27. The van der Waals surface area contributed by atoms with Gasteiger partial charge in [-0.1, -0.05) is 251 Å². The highest BCUT2D eigenvalue weighted by atomic mass is 16.6. The van der Waals surface area contributed by atoms with Crippen LogP contribution in [0.15, 0.2) is 12.2 Å². The van der Waals surface area contributed by atoms with Crippen LogP contribution < -0.4 is 0 Å². The van der Waals surface area contributed by atoms with E-state index in [2.05, 4.69) is 32.9 Å². The Hall–Kier alpha value is -0.870. The molecule has 57 heavy (non-hydrogen) atoms. The minimum atomic E-state index is -0.293. The van der Waals surface area contributed by atoms with Gasteiger partial charge in [-0.05, 0) is 44.9 Å². The maximum absolute atomic E-state index is 12.8. The van der Waals surface area contributed by atoms with Crippen LogP contribution in [0.3, 0.4) is 0 Å². The third-order valence-corrected chi connectivity index (χ3v) is 11.8. The molecular formula is C53H104O4. The van der Waals surface area contributed by atoms with Gasteiger partial charge in [-0.2, -0.15) is 0 Å². The molecule has 0 aliphatic carbocycles. The summed E-state index contributed by atoms with van der Waals surface area (Å²) in [6, 6.07) is 0. The molecule has 0 aliphatic rings. The number of unbranched alkanes of at least 4 members (excludes halogenated alkanes) is 37. The molecule has 0 atom stereocenters. The molecule has 0 heterocycles. The van der Waals surface area contributed by atoms with Crippen LogP contribution in [0.5, 0.6) is 0 Å². The van der Waals surface area contributed by atoms with E-state index in [0.29, 0.717) is 19.6 Å². The molecule has 0 aromatic rings. The first-order valence-electron chi connectivity index (χ1n) is 26.2. The molecule has 4 nitrogen and oxygen atoms in total. The van der Waals surface area contributed by atoms with Crippen molar-refractivity contribution in [2.45, 2.75) is 297 Å². The predicted octanol–water partition coefficient (Wildman–Crippen LogP) is 17.9. The van der Waals surface area contributed by atoms with E-state index < -0.39 is 0 Å². The summed E-state index contributed by atoms with van der Waals surface area (Å²) >= 11 is 0. The number of rotatable bonds is 50. The number of hydrogen-bond acceptors (Lipinski definition) is 4. The van der Waals surface area contributed by atoms with E-state index in [1.165, 1.54) is 238 Å². The SMILES string of the molecule is CCCCCCCC/C=C\CCCCCCCC(=O)OC(COCCCCCCCCCCCCCCCC)COCCCCCCCCCCCCCCCC. The van der Waals surface area contributed by atoms with Crippen molar-refractivity contribution in [2.75, 3.05) is 26.4 Å². The van der Waals surface area contributed by atoms with Crippen molar-refractivity contribution in [2.24, 2.45) is 0 Å². The Kier molecular flexibility index (Phi) is 50.5. The number of carbonyl (C=O) groups is 1. The Bertz CT molecular complexity index is 730. The number of carbonyl (C=O) groups excluding carboxylic acids is 1. The highest BCUT2D eigenvalue weighted by Gasteiger charge is 2.15. The van der Waals surface area contributed by atoms with Crippen LogP contribution in [0.1, 0.15) is 290 Å². The second-order valence-corrected chi connectivity index (χ2v) is 17.8. The second kappa shape index (κ2) is 51.3. The molecule has 0 aromatic heterocycles. The Morgan fingerprint density at radius 3 is 0.930 bits per heavy atom. The van der Waals surface area contributed by atoms with Gasteiger partial charge in [0.05, 0.1) is 13.2 Å². The first-order valence-corrected chi connectivity index (χ1v) is 26.2. The molecule has 0 amide bonds. The third-order valence-electron chi connectivity index (χ3n) is 11.8. The standard InChI is InChI=1S/C53H104O4/c1-4-7-10-13-16-19-22-25-28-29-32-35-38-41-44-47-53(54)57-52(50-55-48-45-42-39-36-33-30-26-23-20-17-14-11-8-5-2)51-56-49-46-43-40-37-34-31-27-24-21-18-15-12-9-6-3/h25,28,52H,4-24,26-27,29-51H2,1-3H3/b28-25-. The lowest BCUT2D eigenvalue weighted by atomic mass is 10.0. The van der Waals surface area contributed by atoms with Crippen molar-refractivity contribution in [3.8, 4) is 0 Å². The zero-order valence-electron chi connectivity index (χ0n) is 39.4. The number of hydrogen-bond donors (Lipinski definition) is 0. The quantitative estimate of drug-likeness (QED) is 0.0349. The van der Waals surface area contributed by atoms with Crippen molar-refractivity contribution in [1.29, 1.82) is 0 Å². The van der Waals surface area contributed by atoms with Crippen LogP contribution in [0.25, 0.3) is 0 Å². The van der Waals surface area contributed by atoms with Gasteiger partial charge in [-0.3, -0.25) is 4.79 Å². The molecule has 0 bridgehead atoms. The van der Waals surface area contributed by atoms with Gasteiger partial charge in [0.1, 0.15) is 6.10 Å². The average Bonchev–Trinajstić information content (AvgIpc) is 3.21. The summed E-state index contributed by atoms with van der Waals surface area (Å²) in [4.78, 5) is 12.8. The number of allylic oxidation sites excluding steroid dienone is 2. The van der Waals surface area contributed by atoms with E-state index in [0.717, 1.165) is 38.9 Å². The topological polar surface area (TPSA) is 44.8 Å². The molecule has 0 radical (unpaired) electrons. The van der Waals surface area contributed by atoms with Crippen molar-refractivity contribution in [1.82, 2.24) is 0 Å². The van der Waals surface area contributed by atoms with Crippen LogP contribution in [-0.2, 0) is 19.0 Å². The van der Waals surface area contributed by atoms with Crippen LogP contribution in [-0.4, -0.2) is 38.5 Å². The largest absolute Gasteiger partial charge is 0.457 e. The van der Waals surface area contributed by atoms with E-state index >= 15 is 0 Å². The minimum Gasteiger partial charge on any atom is -0.457 e. The molecule has 0 saturated heterocycles. The molecular weight excluding hydrogens is 701 g/mol. The Labute approximate surface area is 359 Å². The second-order valence-electron chi connectivity index (χ2n) is 17.8. The van der Waals surface area contributed by atoms with E-state index in [4.69, 9.17) is 14.2 Å². The van der Waals surface area contributed by atoms with Gasteiger partial charge in [-0.25, -0.2) is 0 Å². The highest BCUT2D eigenvalue weighted by Crippen LogP contribution is 2.16. The summed E-state index contributed by atoms with van der Waals surface area (Å²) in [7, 11) is 0. The third kappa shape index (κ3) is 49.4. The molecule has 340 valence electrons. The van der Waals surface area contributed by atoms with Crippen molar-refractivity contribution in [3.05, 3.63) is 12.2 Å². The van der Waals surface area contributed by atoms with Gasteiger partial charge in [0.15, 0.2) is 0 Å². The Morgan fingerprint density at radius 1 is 0.351 bits per heavy atom. The van der Waals surface area contributed by atoms with Gasteiger partial charge in [0.2, 0.25) is 0 Å². The van der Waals surface area contributed by atoms with Gasteiger partial charge in [0, 0.05) is 19.6 Å². The van der Waals surface area contributed by atoms with Gasteiger partial charge in [-0.15, -0.1) is 0 Å². The van der Waals surface area contributed by atoms with Gasteiger partial charge < -0.3 is 14.2 Å². The van der Waals surface area contributed by atoms with Gasteiger partial charge >= 0.3 is 5.97 Å². The van der Waals surface area contributed by atoms with E-state index in [1.54, 1.807) is 0 Å². The van der Waals surface area contributed by atoms with E-state index in [1.807, 2.05) is 0 Å². The lowest BCUT2D eigenvalue weighted by molar-refractivity contribution is -0.156. The predicted molar refractivity (Wildman–Crippen MR) is 252 cm³/mol. The maximum atomic E-state index is 12.8. The minimum absolute atomic E-state index is 0.0854. The lowest BCUT2D eigenvalue weighted by Gasteiger charge is -2.18. The summed E-state index contributed by atoms with van der Waals surface area (Å²) in [6.07, 6.45) is 59.5. The van der Waals surface area contributed by atoms with Crippen LogP contribution in [0.2, 0.25) is 0 Å². The van der Waals surface area contributed by atoms with Crippen LogP contribution in [0, 0.1) is 0 Å². The Morgan fingerprint density at radius 2 is 0.614 bits per heavy atom. The number of ether oxygens (including phenoxy) is 3. The van der Waals surface area contributed by atoms with E-state index in [-0.39, 0.29) is 12.1 Å². The summed E-state index contributed by atoms with van der Waals surface area (Å²) < 4.78 is 18.0. The lowest BCUT2D eigenvalue weighted by Crippen LogP contribution is -2.29. The molecule has 0 rings (SSSR count). The fourth-order valence-corrected chi connectivity index (χ4v) is 7.93. The monoisotopic (exact) mass is 805 g/mol. The fourth-order valence-electron chi connectivity index (χ4n) is 7.93. The molecule has 0 fully saturated rings. The zero-order chi connectivity index (χ0) is 41.2. The van der Waals surface area contributed by atoms with Crippen LogP contribution in [0.4, 0.5) is 0 Å². The normalized spacial score (nSPS) is 11.8. The summed E-state index contributed by atoms with van der Waals surface area (Å²) in [5.74, 6) is -0.0854. The summed E-state index contributed by atoms with van der Waals surface area (Å²) in [5.41, 5.74) is 0. The highest BCUT2D eigenvalue weighted by molar-refractivity contribution is 5.69. The Balaban J connectivity index is 4.10. The average molecular weight is 805 g/mol. The van der Waals surface area contributed by atoms with Crippen molar-refractivity contribution in [3.63, 3.8) is 0 Å². The molecule has 0 N–H and O–H groups in total. The van der Waals surface area contributed by atoms with E-state index in [9.17, 15) is 4.79 Å². The summed E-state index contributed by atoms with van der Waals surface area (Å²) in [5, 5.41) is 0. The molecule has 4 heteroatoms.